The van der Waals surface area contributed by atoms with Crippen LogP contribution in [0.3, 0.4) is 0 Å². The highest BCUT2D eigenvalue weighted by Gasteiger charge is 2.19. The summed E-state index contributed by atoms with van der Waals surface area (Å²) >= 11 is 0. The molecule has 0 spiro atoms. The van der Waals surface area contributed by atoms with Crippen molar-refractivity contribution >= 4 is 22.4 Å². The van der Waals surface area contributed by atoms with Crippen molar-refractivity contribution < 1.29 is 4.79 Å². The van der Waals surface area contributed by atoms with E-state index in [4.69, 9.17) is 0 Å². The Hall–Kier alpha value is -4.25. The first-order valence-electron chi connectivity index (χ1n) is 10.1. The second kappa shape index (κ2) is 7.88. The predicted octanol–water partition coefficient (Wildman–Crippen LogP) is 5.65. The largest absolute Gasteiger partial charge is 0.319 e. The molecule has 5 heteroatoms. The summed E-state index contributed by atoms with van der Waals surface area (Å²) in [6.07, 6.45) is 0. The lowest BCUT2D eigenvalue weighted by Crippen LogP contribution is -2.14. The molecule has 0 bridgehead atoms. The molecule has 0 aliphatic carbocycles. The van der Waals surface area contributed by atoms with E-state index in [1.54, 1.807) is 4.68 Å². The van der Waals surface area contributed by atoms with Crippen molar-refractivity contribution in [1.29, 1.82) is 0 Å². The van der Waals surface area contributed by atoms with Crippen molar-refractivity contribution in [2.75, 3.05) is 5.32 Å². The monoisotopic (exact) mass is 404 g/mol. The lowest BCUT2D eigenvalue weighted by atomic mass is 10.1. The average molecular weight is 404 g/mol. The van der Waals surface area contributed by atoms with Gasteiger partial charge in [-0.1, -0.05) is 84.4 Å². The number of rotatable bonds is 4. The topological polar surface area (TPSA) is 59.8 Å². The highest BCUT2D eigenvalue weighted by molar-refractivity contribution is 6.07. The van der Waals surface area contributed by atoms with Gasteiger partial charge in [-0.15, -0.1) is 5.10 Å². The predicted molar refractivity (Wildman–Crippen MR) is 123 cm³/mol. The molecule has 5 aromatic rings. The lowest BCUT2D eigenvalue weighted by Gasteiger charge is -2.07. The number of nitrogens with zero attached hydrogens (tertiary/aromatic N) is 3. The molecule has 0 atom stereocenters. The van der Waals surface area contributed by atoms with Gasteiger partial charge in [0, 0.05) is 16.6 Å². The van der Waals surface area contributed by atoms with Crippen LogP contribution in [0.4, 0.5) is 5.69 Å². The van der Waals surface area contributed by atoms with Crippen LogP contribution in [0.2, 0.25) is 0 Å². The van der Waals surface area contributed by atoms with Gasteiger partial charge >= 0.3 is 0 Å². The summed E-state index contributed by atoms with van der Waals surface area (Å²) in [5, 5.41) is 9.56. The quantitative estimate of drug-likeness (QED) is 0.421. The van der Waals surface area contributed by atoms with E-state index in [0.717, 1.165) is 33.3 Å². The maximum absolute atomic E-state index is 13.1. The molecule has 5 rings (SSSR count). The molecule has 1 aromatic heterocycles. The highest BCUT2D eigenvalue weighted by atomic mass is 16.2. The van der Waals surface area contributed by atoms with Crippen molar-refractivity contribution in [3.05, 3.63) is 108 Å². The van der Waals surface area contributed by atoms with E-state index in [1.807, 2.05) is 104 Å². The Morgan fingerprint density at radius 3 is 2.32 bits per heavy atom. The van der Waals surface area contributed by atoms with E-state index in [0.29, 0.717) is 5.82 Å². The molecular formula is C26H20N4O. The summed E-state index contributed by atoms with van der Waals surface area (Å²) in [6.45, 7) is 2.04. The van der Waals surface area contributed by atoms with Crippen LogP contribution in [-0.4, -0.2) is 20.7 Å². The number of hydrogen-bond acceptors (Lipinski definition) is 3. The molecule has 1 amide bonds. The fourth-order valence-corrected chi connectivity index (χ4v) is 3.56. The maximum Gasteiger partial charge on any atom is 0.295 e. The molecule has 0 aliphatic heterocycles. The first-order chi connectivity index (χ1) is 15.2. The van der Waals surface area contributed by atoms with Gasteiger partial charge in [0.2, 0.25) is 5.82 Å². The second-order valence-electron chi connectivity index (χ2n) is 7.35. The van der Waals surface area contributed by atoms with Crippen LogP contribution >= 0.6 is 0 Å². The smallest absolute Gasteiger partial charge is 0.295 e. The minimum absolute atomic E-state index is 0.118. The molecule has 0 unspecified atom stereocenters. The van der Waals surface area contributed by atoms with Crippen LogP contribution in [0, 0.1) is 6.92 Å². The fourth-order valence-electron chi connectivity index (χ4n) is 3.56. The van der Waals surface area contributed by atoms with Crippen LogP contribution < -0.4 is 5.32 Å². The molecule has 0 fully saturated rings. The molecule has 0 radical (unpaired) electrons. The van der Waals surface area contributed by atoms with Crippen LogP contribution in [0.1, 0.15) is 16.2 Å². The number of fused-ring (bicyclic) bond motifs is 1. The summed E-state index contributed by atoms with van der Waals surface area (Å²) in [6, 6.07) is 31.5. The normalized spacial score (nSPS) is 10.9. The number of para-hydroxylation sites is 1. The zero-order valence-electron chi connectivity index (χ0n) is 17.0. The van der Waals surface area contributed by atoms with Gasteiger partial charge in [-0.3, -0.25) is 4.79 Å². The highest BCUT2D eigenvalue weighted by Crippen LogP contribution is 2.25. The minimum Gasteiger partial charge on any atom is -0.319 e. The summed E-state index contributed by atoms with van der Waals surface area (Å²) in [5.41, 5.74) is 3.63. The number of hydrogen-bond donors (Lipinski definition) is 1. The average Bonchev–Trinajstić information content (AvgIpc) is 3.26. The molecular weight excluding hydrogens is 384 g/mol. The van der Waals surface area contributed by atoms with E-state index in [1.165, 1.54) is 0 Å². The van der Waals surface area contributed by atoms with Crippen molar-refractivity contribution in [2.45, 2.75) is 6.92 Å². The van der Waals surface area contributed by atoms with E-state index in [9.17, 15) is 4.79 Å². The standard InChI is InChI=1S/C26H20N4O/c1-18-14-16-20(17-15-18)25-28-24(29-30(25)21-10-3-2-4-11-21)26(31)27-23-13-7-9-19-8-5-6-12-22(19)23/h2-17H,1H3,(H,27,31). The molecule has 5 nitrogen and oxygen atoms in total. The lowest BCUT2D eigenvalue weighted by molar-refractivity contribution is 0.101. The van der Waals surface area contributed by atoms with Gasteiger partial charge in [-0.05, 0) is 30.5 Å². The molecule has 0 saturated heterocycles. The number of anilines is 1. The van der Waals surface area contributed by atoms with E-state index in [-0.39, 0.29) is 11.7 Å². The van der Waals surface area contributed by atoms with Gasteiger partial charge in [0.1, 0.15) is 0 Å². The van der Waals surface area contributed by atoms with Gasteiger partial charge < -0.3 is 5.32 Å². The van der Waals surface area contributed by atoms with Gasteiger partial charge in [0.25, 0.3) is 5.91 Å². The molecule has 0 saturated carbocycles. The summed E-state index contributed by atoms with van der Waals surface area (Å²) < 4.78 is 1.71. The minimum atomic E-state index is -0.348. The maximum atomic E-state index is 13.1. The number of carbonyl (C=O) groups excluding carboxylic acids is 1. The number of nitrogens with one attached hydrogen (secondary N) is 1. The Morgan fingerprint density at radius 2 is 1.52 bits per heavy atom. The van der Waals surface area contributed by atoms with Gasteiger partial charge in [-0.25, -0.2) is 9.67 Å². The Labute approximate surface area is 180 Å². The zero-order valence-corrected chi connectivity index (χ0v) is 17.0. The van der Waals surface area contributed by atoms with Crippen molar-refractivity contribution in [3.8, 4) is 17.1 Å². The summed E-state index contributed by atoms with van der Waals surface area (Å²) in [4.78, 5) is 17.7. The van der Waals surface area contributed by atoms with Crippen molar-refractivity contribution in [1.82, 2.24) is 14.8 Å². The number of aryl methyl sites for hydroxylation is 1. The van der Waals surface area contributed by atoms with E-state index >= 15 is 0 Å². The second-order valence-corrected chi connectivity index (χ2v) is 7.35. The van der Waals surface area contributed by atoms with E-state index < -0.39 is 0 Å². The summed E-state index contributed by atoms with van der Waals surface area (Å²) in [7, 11) is 0. The Morgan fingerprint density at radius 1 is 0.806 bits per heavy atom. The van der Waals surface area contributed by atoms with Crippen molar-refractivity contribution in [3.63, 3.8) is 0 Å². The Bertz CT molecular complexity index is 1370. The van der Waals surface area contributed by atoms with Crippen LogP contribution in [0.25, 0.3) is 27.8 Å². The number of carbonyl (C=O) groups is 1. The first-order valence-corrected chi connectivity index (χ1v) is 10.1. The van der Waals surface area contributed by atoms with Gasteiger partial charge in [-0.2, -0.15) is 0 Å². The number of aromatic nitrogens is 3. The van der Waals surface area contributed by atoms with Crippen LogP contribution in [0.5, 0.6) is 0 Å². The van der Waals surface area contributed by atoms with Crippen LogP contribution in [0.15, 0.2) is 97.1 Å². The first kappa shape index (κ1) is 18.8. The molecule has 150 valence electrons. The number of benzene rings is 4. The Kier molecular flexibility index (Phi) is 4.77. The molecule has 4 aromatic carbocycles. The fraction of sp³-hybridized carbons (Fsp3) is 0.0385. The molecule has 1 heterocycles. The number of amides is 1. The van der Waals surface area contributed by atoms with Gasteiger partial charge in [0.15, 0.2) is 5.82 Å². The third kappa shape index (κ3) is 3.69. The van der Waals surface area contributed by atoms with Crippen LogP contribution in [-0.2, 0) is 0 Å². The third-order valence-electron chi connectivity index (χ3n) is 5.16. The molecule has 0 aliphatic rings. The molecule has 31 heavy (non-hydrogen) atoms. The summed E-state index contributed by atoms with van der Waals surface area (Å²) in [5.74, 6) is 0.390. The van der Waals surface area contributed by atoms with E-state index in [2.05, 4.69) is 15.4 Å². The van der Waals surface area contributed by atoms with Gasteiger partial charge in [0.05, 0.1) is 5.69 Å². The Balaban J connectivity index is 1.56. The zero-order chi connectivity index (χ0) is 21.2. The SMILES string of the molecule is Cc1ccc(-c2nc(C(=O)Nc3cccc4ccccc34)nn2-c2ccccc2)cc1. The molecule has 1 N–H and O–H groups in total. The van der Waals surface area contributed by atoms with Crippen molar-refractivity contribution in [2.24, 2.45) is 0 Å². The third-order valence-corrected chi connectivity index (χ3v) is 5.16.